The molecule has 2 aromatic heterocycles. The fraction of sp³-hybridized carbons (Fsp3) is 0.375. The minimum atomic E-state index is -0.203. The van der Waals surface area contributed by atoms with Crippen LogP contribution >= 0.6 is 0 Å². The molecule has 1 aromatic carbocycles. The maximum atomic E-state index is 13.3. The van der Waals surface area contributed by atoms with Crippen LogP contribution in [0.3, 0.4) is 0 Å². The van der Waals surface area contributed by atoms with E-state index in [-0.39, 0.29) is 5.82 Å². The lowest BCUT2D eigenvalue weighted by Gasteiger charge is -2.31. The predicted octanol–water partition coefficient (Wildman–Crippen LogP) is 3.23. The van der Waals surface area contributed by atoms with Crippen molar-refractivity contribution >= 4 is 5.82 Å². The molecular formula is C24H29FN6. The molecule has 0 spiro atoms. The molecule has 0 atom stereocenters. The van der Waals surface area contributed by atoms with Crippen molar-refractivity contribution in [2.45, 2.75) is 19.5 Å². The third kappa shape index (κ3) is 5.24. The Morgan fingerprint density at radius 1 is 1.00 bits per heavy atom. The van der Waals surface area contributed by atoms with Crippen LogP contribution in [0, 0.1) is 5.82 Å². The molecule has 162 valence electrons. The normalized spacial score (nSPS) is 14.0. The van der Waals surface area contributed by atoms with Crippen LogP contribution in [0.25, 0.3) is 11.5 Å². The Hall–Kier alpha value is -2.90. The molecule has 4 rings (SSSR count). The molecule has 7 heteroatoms. The van der Waals surface area contributed by atoms with Crippen LogP contribution in [0.2, 0.25) is 0 Å². The summed E-state index contributed by atoms with van der Waals surface area (Å²) in [6.07, 6.45) is 2.66. The fourth-order valence-corrected chi connectivity index (χ4v) is 3.83. The highest BCUT2D eigenvalue weighted by Gasteiger charge is 2.24. The standard InChI is InChI=1S/C24H29FN6/c1-29(2)14-15-30(3)24-20-11-13-31(16-18-7-9-19(25)10-8-18)17-22(20)27-23(28-24)21-6-4-5-12-26-21/h4-10,12H,11,13-17H2,1-3H3. The van der Waals surface area contributed by atoms with Gasteiger partial charge in [-0.05, 0) is 50.3 Å². The van der Waals surface area contributed by atoms with Crippen molar-refractivity contribution in [2.75, 3.05) is 45.7 Å². The van der Waals surface area contributed by atoms with Gasteiger partial charge in [0.1, 0.15) is 17.3 Å². The van der Waals surface area contributed by atoms with Crippen LogP contribution in [0.15, 0.2) is 48.7 Å². The average molecular weight is 421 g/mol. The molecule has 1 aliphatic heterocycles. The van der Waals surface area contributed by atoms with E-state index < -0.39 is 0 Å². The molecule has 6 nitrogen and oxygen atoms in total. The van der Waals surface area contributed by atoms with Gasteiger partial charge in [-0.3, -0.25) is 9.88 Å². The van der Waals surface area contributed by atoms with E-state index in [1.165, 1.54) is 17.7 Å². The quantitative estimate of drug-likeness (QED) is 0.585. The third-order valence-electron chi connectivity index (χ3n) is 5.58. The molecule has 0 saturated heterocycles. The van der Waals surface area contributed by atoms with E-state index in [2.05, 4.69) is 40.8 Å². The van der Waals surface area contributed by atoms with Crippen LogP contribution in [0.5, 0.6) is 0 Å². The van der Waals surface area contributed by atoms with Crippen molar-refractivity contribution < 1.29 is 4.39 Å². The fourth-order valence-electron chi connectivity index (χ4n) is 3.83. The maximum absolute atomic E-state index is 13.3. The zero-order valence-electron chi connectivity index (χ0n) is 18.4. The molecule has 0 radical (unpaired) electrons. The summed E-state index contributed by atoms with van der Waals surface area (Å²) < 4.78 is 13.3. The molecule has 0 N–H and O–H groups in total. The molecule has 0 amide bonds. The number of hydrogen-bond donors (Lipinski definition) is 0. The number of hydrogen-bond acceptors (Lipinski definition) is 6. The molecule has 3 aromatic rings. The Labute approximate surface area is 183 Å². The second kappa shape index (κ2) is 9.49. The highest BCUT2D eigenvalue weighted by Crippen LogP contribution is 2.29. The van der Waals surface area contributed by atoms with Crippen LogP contribution in [-0.4, -0.2) is 65.5 Å². The number of benzene rings is 1. The van der Waals surface area contributed by atoms with Crippen molar-refractivity contribution in [3.63, 3.8) is 0 Å². The second-order valence-electron chi connectivity index (χ2n) is 8.32. The van der Waals surface area contributed by atoms with Crippen LogP contribution in [0.1, 0.15) is 16.8 Å². The zero-order chi connectivity index (χ0) is 21.8. The van der Waals surface area contributed by atoms with Gasteiger partial charge in [0.05, 0.1) is 5.69 Å². The van der Waals surface area contributed by atoms with Gasteiger partial charge in [0.2, 0.25) is 0 Å². The molecular weight excluding hydrogens is 391 g/mol. The van der Waals surface area contributed by atoms with E-state index >= 15 is 0 Å². The summed E-state index contributed by atoms with van der Waals surface area (Å²) >= 11 is 0. The lowest BCUT2D eigenvalue weighted by atomic mass is 10.0. The molecule has 0 fully saturated rings. The lowest BCUT2D eigenvalue weighted by Crippen LogP contribution is -2.35. The Bertz CT molecular complexity index is 1010. The number of anilines is 1. The van der Waals surface area contributed by atoms with E-state index in [9.17, 15) is 4.39 Å². The maximum Gasteiger partial charge on any atom is 0.180 e. The molecule has 0 bridgehead atoms. The Kier molecular flexibility index (Phi) is 6.53. The smallest absolute Gasteiger partial charge is 0.180 e. The number of pyridine rings is 1. The Balaban J connectivity index is 1.64. The van der Waals surface area contributed by atoms with Gasteiger partial charge < -0.3 is 9.80 Å². The summed E-state index contributed by atoms with van der Waals surface area (Å²) in [4.78, 5) is 21.1. The largest absolute Gasteiger partial charge is 0.358 e. The van der Waals surface area contributed by atoms with E-state index in [0.29, 0.717) is 5.82 Å². The lowest BCUT2D eigenvalue weighted by molar-refractivity contribution is 0.241. The topological polar surface area (TPSA) is 48.4 Å². The molecule has 3 heterocycles. The third-order valence-corrected chi connectivity index (χ3v) is 5.58. The molecule has 0 aliphatic carbocycles. The first kappa shape index (κ1) is 21.3. The number of aromatic nitrogens is 3. The van der Waals surface area contributed by atoms with Gasteiger partial charge in [0.15, 0.2) is 5.82 Å². The van der Waals surface area contributed by atoms with Crippen LogP contribution in [0.4, 0.5) is 10.2 Å². The number of likely N-dealkylation sites (N-methyl/N-ethyl adjacent to an activating group) is 2. The monoisotopic (exact) mass is 420 g/mol. The predicted molar refractivity (Wildman–Crippen MR) is 121 cm³/mol. The zero-order valence-corrected chi connectivity index (χ0v) is 18.4. The van der Waals surface area contributed by atoms with E-state index in [0.717, 1.165) is 61.9 Å². The summed E-state index contributed by atoms with van der Waals surface area (Å²) in [5.74, 6) is 1.45. The summed E-state index contributed by atoms with van der Waals surface area (Å²) in [5.41, 5.74) is 4.16. The minimum absolute atomic E-state index is 0.203. The van der Waals surface area contributed by atoms with Gasteiger partial charge in [0, 0.05) is 51.5 Å². The van der Waals surface area contributed by atoms with Gasteiger partial charge in [-0.15, -0.1) is 0 Å². The minimum Gasteiger partial charge on any atom is -0.358 e. The number of fused-ring (bicyclic) bond motifs is 1. The van der Waals surface area contributed by atoms with E-state index in [1.807, 2.05) is 30.3 Å². The van der Waals surface area contributed by atoms with Gasteiger partial charge >= 0.3 is 0 Å². The Morgan fingerprint density at radius 3 is 2.52 bits per heavy atom. The van der Waals surface area contributed by atoms with Crippen LogP contribution in [-0.2, 0) is 19.5 Å². The molecule has 0 saturated carbocycles. The first-order valence-corrected chi connectivity index (χ1v) is 10.6. The van der Waals surface area contributed by atoms with Gasteiger partial charge in [-0.1, -0.05) is 18.2 Å². The van der Waals surface area contributed by atoms with Crippen molar-refractivity contribution in [3.8, 4) is 11.5 Å². The number of rotatable bonds is 7. The summed E-state index contributed by atoms with van der Waals surface area (Å²) in [5, 5.41) is 0. The molecule has 31 heavy (non-hydrogen) atoms. The van der Waals surface area contributed by atoms with Crippen molar-refractivity contribution in [2.24, 2.45) is 0 Å². The molecule has 0 unspecified atom stereocenters. The number of nitrogens with zero attached hydrogens (tertiary/aromatic N) is 6. The molecule has 1 aliphatic rings. The van der Waals surface area contributed by atoms with Crippen LogP contribution < -0.4 is 4.90 Å². The van der Waals surface area contributed by atoms with Gasteiger partial charge in [-0.2, -0.15) is 0 Å². The van der Waals surface area contributed by atoms with Crippen molar-refractivity contribution in [1.29, 1.82) is 0 Å². The first-order chi connectivity index (χ1) is 15.0. The highest BCUT2D eigenvalue weighted by atomic mass is 19.1. The Morgan fingerprint density at radius 2 is 1.81 bits per heavy atom. The summed E-state index contributed by atoms with van der Waals surface area (Å²) in [7, 11) is 6.26. The first-order valence-electron chi connectivity index (χ1n) is 10.6. The van der Waals surface area contributed by atoms with E-state index in [1.54, 1.807) is 6.20 Å². The van der Waals surface area contributed by atoms with E-state index in [4.69, 9.17) is 9.97 Å². The summed E-state index contributed by atoms with van der Waals surface area (Å²) in [6.45, 7) is 4.27. The number of halogens is 1. The summed E-state index contributed by atoms with van der Waals surface area (Å²) in [6, 6.07) is 12.6. The average Bonchev–Trinajstić information content (AvgIpc) is 2.78. The highest BCUT2D eigenvalue weighted by molar-refractivity contribution is 5.58. The van der Waals surface area contributed by atoms with Gasteiger partial charge in [0.25, 0.3) is 0 Å². The van der Waals surface area contributed by atoms with Crippen molar-refractivity contribution in [3.05, 3.63) is 71.3 Å². The second-order valence-corrected chi connectivity index (χ2v) is 8.32. The SMILES string of the molecule is CN(C)CCN(C)c1nc(-c2ccccn2)nc2c1CCN(Cc1ccc(F)cc1)C2. The van der Waals surface area contributed by atoms with Crippen molar-refractivity contribution in [1.82, 2.24) is 24.8 Å². The van der Waals surface area contributed by atoms with Gasteiger partial charge in [-0.25, -0.2) is 14.4 Å².